The lowest BCUT2D eigenvalue weighted by Crippen LogP contribution is -2.44. The van der Waals surface area contributed by atoms with Crippen molar-refractivity contribution in [3.8, 4) is 11.1 Å². The van der Waals surface area contributed by atoms with E-state index in [2.05, 4.69) is 10.6 Å². The molecule has 0 aliphatic carbocycles. The molecule has 1 atom stereocenters. The highest BCUT2D eigenvalue weighted by molar-refractivity contribution is 5.98. The molecular formula is C24H22F2N2O2. The van der Waals surface area contributed by atoms with Crippen LogP contribution in [0.5, 0.6) is 0 Å². The number of hydrogen-bond donors (Lipinski definition) is 2. The number of halogens is 2. The van der Waals surface area contributed by atoms with E-state index in [1.807, 2.05) is 54.6 Å². The van der Waals surface area contributed by atoms with Crippen molar-refractivity contribution < 1.29 is 18.4 Å². The second-order valence-electron chi connectivity index (χ2n) is 6.99. The monoisotopic (exact) mass is 408 g/mol. The minimum absolute atomic E-state index is 0.162. The summed E-state index contributed by atoms with van der Waals surface area (Å²) in [6.45, 7) is 2.08. The summed E-state index contributed by atoms with van der Waals surface area (Å²) in [5.41, 5.74) is 3.31. The van der Waals surface area contributed by atoms with Gasteiger partial charge in [0.25, 0.3) is 0 Å². The Morgan fingerprint density at radius 1 is 0.900 bits per heavy atom. The molecule has 2 amide bonds. The molecule has 2 N–H and O–H groups in total. The molecule has 0 saturated carbocycles. The Hall–Kier alpha value is -3.38. The van der Waals surface area contributed by atoms with Crippen molar-refractivity contribution in [1.82, 2.24) is 10.6 Å². The first kappa shape index (κ1) is 21.3. The summed E-state index contributed by atoms with van der Waals surface area (Å²) < 4.78 is 26.5. The standard InChI is InChI=1S/C24H22F2N2O2/c1-16(24(30)28-23(29)13-17-11-20(25)14-21(26)12-17)27-15-19-9-5-6-10-22(19)18-7-3-2-4-8-18/h2-12,14,16,27H,13,15H2,1H3,(H,28,29,30)/t16-/m0/s1. The van der Waals surface area contributed by atoms with Crippen LogP contribution in [0.2, 0.25) is 0 Å². The van der Waals surface area contributed by atoms with Crippen LogP contribution in [0.25, 0.3) is 11.1 Å². The third-order valence-corrected chi connectivity index (χ3v) is 4.64. The predicted molar refractivity (Wildman–Crippen MR) is 111 cm³/mol. The molecule has 4 nitrogen and oxygen atoms in total. The third kappa shape index (κ3) is 5.81. The van der Waals surface area contributed by atoms with Gasteiger partial charge >= 0.3 is 0 Å². The van der Waals surface area contributed by atoms with Crippen LogP contribution in [-0.2, 0) is 22.6 Å². The van der Waals surface area contributed by atoms with Crippen molar-refractivity contribution in [3.63, 3.8) is 0 Å². The van der Waals surface area contributed by atoms with E-state index in [0.717, 1.165) is 34.9 Å². The molecule has 3 aromatic rings. The Morgan fingerprint density at radius 3 is 2.23 bits per heavy atom. The van der Waals surface area contributed by atoms with Crippen molar-refractivity contribution in [1.29, 1.82) is 0 Å². The molecule has 0 fully saturated rings. The number of imide groups is 1. The lowest BCUT2D eigenvalue weighted by molar-refractivity contribution is -0.131. The van der Waals surface area contributed by atoms with Crippen molar-refractivity contribution in [2.45, 2.75) is 25.9 Å². The molecule has 0 heterocycles. The summed E-state index contributed by atoms with van der Waals surface area (Å²) in [5, 5.41) is 5.38. The molecule has 0 saturated heterocycles. The van der Waals surface area contributed by atoms with Crippen LogP contribution < -0.4 is 10.6 Å². The molecule has 30 heavy (non-hydrogen) atoms. The van der Waals surface area contributed by atoms with Gasteiger partial charge in [-0.05, 0) is 41.3 Å². The zero-order valence-electron chi connectivity index (χ0n) is 16.5. The largest absolute Gasteiger partial charge is 0.302 e. The Labute approximate surface area is 173 Å². The van der Waals surface area contributed by atoms with Crippen LogP contribution in [0, 0.1) is 11.6 Å². The number of benzene rings is 3. The molecular weight excluding hydrogens is 386 g/mol. The molecule has 0 aliphatic rings. The van der Waals surface area contributed by atoms with Gasteiger partial charge in [-0.25, -0.2) is 8.78 Å². The van der Waals surface area contributed by atoms with Crippen LogP contribution in [0.3, 0.4) is 0 Å². The minimum Gasteiger partial charge on any atom is -0.302 e. The fourth-order valence-corrected chi connectivity index (χ4v) is 3.12. The van der Waals surface area contributed by atoms with Gasteiger partial charge in [0.2, 0.25) is 11.8 Å². The van der Waals surface area contributed by atoms with Gasteiger partial charge in [0.05, 0.1) is 12.5 Å². The van der Waals surface area contributed by atoms with Gasteiger partial charge in [0.1, 0.15) is 11.6 Å². The molecule has 0 unspecified atom stereocenters. The fraction of sp³-hybridized carbons (Fsp3) is 0.167. The lowest BCUT2D eigenvalue weighted by atomic mass is 9.99. The normalized spacial score (nSPS) is 11.7. The highest BCUT2D eigenvalue weighted by Gasteiger charge is 2.17. The quantitative estimate of drug-likeness (QED) is 0.621. The Kier molecular flexibility index (Phi) is 7.03. The van der Waals surface area contributed by atoms with Crippen molar-refractivity contribution in [3.05, 3.63) is 95.6 Å². The first-order valence-electron chi connectivity index (χ1n) is 9.58. The zero-order chi connectivity index (χ0) is 21.5. The van der Waals surface area contributed by atoms with Crippen LogP contribution >= 0.6 is 0 Å². The van der Waals surface area contributed by atoms with Crippen molar-refractivity contribution >= 4 is 11.8 Å². The van der Waals surface area contributed by atoms with Crippen molar-refractivity contribution in [2.75, 3.05) is 0 Å². The Bertz CT molecular complexity index is 1020. The van der Waals surface area contributed by atoms with E-state index in [-0.39, 0.29) is 12.0 Å². The van der Waals surface area contributed by atoms with Gasteiger partial charge in [-0.15, -0.1) is 0 Å². The van der Waals surface area contributed by atoms with E-state index >= 15 is 0 Å². The Morgan fingerprint density at radius 2 is 1.53 bits per heavy atom. The number of rotatable bonds is 7. The predicted octanol–water partition coefficient (Wildman–Crippen LogP) is 4.00. The smallest absolute Gasteiger partial charge is 0.243 e. The molecule has 0 aliphatic heterocycles. The summed E-state index contributed by atoms with van der Waals surface area (Å²) in [6, 6.07) is 20.0. The molecule has 3 rings (SSSR count). The first-order valence-corrected chi connectivity index (χ1v) is 9.58. The fourth-order valence-electron chi connectivity index (χ4n) is 3.12. The second-order valence-corrected chi connectivity index (χ2v) is 6.99. The van der Waals surface area contributed by atoms with E-state index < -0.39 is 29.5 Å². The van der Waals surface area contributed by atoms with Gasteiger partial charge in [-0.3, -0.25) is 14.9 Å². The number of amides is 2. The van der Waals surface area contributed by atoms with E-state index in [0.29, 0.717) is 6.54 Å². The van der Waals surface area contributed by atoms with E-state index in [4.69, 9.17) is 0 Å². The number of carbonyl (C=O) groups is 2. The molecule has 154 valence electrons. The third-order valence-electron chi connectivity index (χ3n) is 4.64. The van der Waals surface area contributed by atoms with Gasteiger partial charge in [-0.2, -0.15) is 0 Å². The molecule has 0 radical (unpaired) electrons. The summed E-state index contributed by atoms with van der Waals surface area (Å²) in [7, 11) is 0. The van der Waals surface area contributed by atoms with Gasteiger partial charge in [-0.1, -0.05) is 54.6 Å². The first-order chi connectivity index (χ1) is 14.4. The van der Waals surface area contributed by atoms with E-state index in [9.17, 15) is 18.4 Å². The number of carbonyl (C=O) groups excluding carboxylic acids is 2. The topological polar surface area (TPSA) is 58.2 Å². The SMILES string of the molecule is C[C@H](NCc1ccccc1-c1ccccc1)C(=O)NC(=O)Cc1cc(F)cc(F)c1. The molecule has 0 spiro atoms. The maximum atomic E-state index is 13.2. The van der Waals surface area contributed by atoms with Crippen LogP contribution in [0.1, 0.15) is 18.1 Å². The maximum Gasteiger partial charge on any atom is 0.243 e. The average molecular weight is 408 g/mol. The highest BCUT2D eigenvalue weighted by atomic mass is 19.1. The number of hydrogen-bond acceptors (Lipinski definition) is 3. The van der Waals surface area contributed by atoms with Gasteiger partial charge in [0.15, 0.2) is 0 Å². The van der Waals surface area contributed by atoms with Crippen molar-refractivity contribution in [2.24, 2.45) is 0 Å². The van der Waals surface area contributed by atoms with E-state index in [1.165, 1.54) is 0 Å². The second kappa shape index (κ2) is 9.89. The number of nitrogens with one attached hydrogen (secondary N) is 2. The molecule has 0 aromatic heterocycles. The summed E-state index contributed by atoms with van der Waals surface area (Å²) in [5.74, 6) is -2.66. The summed E-state index contributed by atoms with van der Waals surface area (Å²) in [4.78, 5) is 24.4. The van der Waals surface area contributed by atoms with Crippen LogP contribution in [0.15, 0.2) is 72.8 Å². The van der Waals surface area contributed by atoms with Gasteiger partial charge in [0, 0.05) is 12.6 Å². The summed E-state index contributed by atoms with van der Waals surface area (Å²) in [6.07, 6.45) is -0.288. The zero-order valence-corrected chi connectivity index (χ0v) is 16.5. The van der Waals surface area contributed by atoms with Crippen LogP contribution in [0.4, 0.5) is 8.78 Å². The molecule has 0 bridgehead atoms. The molecule has 6 heteroatoms. The van der Waals surface area contributed by atoms with E-state index in [1.54, 1.807) is 6.92 Å². The lowest BCUT2D eigenvalue weighted by Gasteiger charge is -2.16. The minimum atomic E-state index is -0.767. The highest BCUT2D eigenvalue weighted by Crippen LogP contribution is 2.23. The van der Waals surface area contributed by atoms with Gasteiger partial charge < -0.3 is 5.32 Å². The summed E-state index contributed by atoms with van der Waals surface area (Å²) >= 11 is 0. The van der Waals surface area contributed by atoms with Crippen LogP contribution in [-0.4, -0.2) is 17.9 Å². The average Bonchev–Trinajstić information content (AvgIpc) is 2.72. The molecule has 3 aromatic carbocycles. The maximum absolute atomic E-state index is 13.2. The Balaban J connectivity index is 1.57.